The van der Waals surface area contributed by atoms with Gasteiger partial charge < -0.3 is 16.0 Å². The first-order valence-corrected chi connectivity index (χ1v) is 9.15. The number of hydrogen-bond donors (Lipinski definition) is 3. The van der Waals surface area contributed by atoms with Crippen LogP contribution in [0, 0.1) is 6.92 Å². The van der Waals surface area contributed by atoms with Gasteiger partial charge in [-0.05, 0) is 55.5 Å². The van der Waals surface area contributed by atoms with Crippen LogP contribution >= 0.6 is 11.6 Å². The molecule has 0 heterocycles. The molecule has 0 atom stereocenters. The molecule has 3 rings (SSSR count). The molecule has 5 nitrogen and oxygen atoms in total. The van der Waals surface area contributed by atoms with E-state index in [4.69, 9.17) is 11.6 Å². The van der Waals surface area contributed by atoms with Crippen LogP contribution in [0.15, 0.2) is 72.8 Å². The largest absolute Gasteiger partial charge is 0.376 e. The summed E-state index contributed by atoms with van der Waals surface area (Å²) in [6, 6.07) is 21.5. The third-order valence-electron chi connectivity index (χ3n) is 4.05. The minimum Gasteiger partial charge on any atom is -0.376 e. The molecule has 3 N–H and O–H groups in total. The van der Waals surface area contributed by atoms with Gasteiger partial charge in [0, 0.05) is 22.1 Å². The lowest BCUT2D eigenvalue weighted by Crippen LogP contribution is -2.23. The highest BCUT2D eigenvalue weighted by molar-refractivity contribution is 6.30. The number of para-hydroxylation sites is 1. The number of carbonyl (C=O) groups is 2. The molecular formula is C22H20ClN3O2. The lowest BCUT2D eigenvalue weighted by atomic mass is 10.1. The molecule has 2 amide bonds. The Balaban J connectivity index is 1.63. The molecule has 3 aromatic carbocycles. The van der Waals surface area contributed by atoms with E-state index in [1.807, 2.05) is 31.2 Å². The zero-order valence-electron chi connectivity index (χ0n) is 15.3. The molecule has 0 aliphatic rings. The number of hydrogen-bond acceptors (Lipinski definition) is 3. The minimum atomic E-state index is -0.274. The molecule has 0 unspecified atom stereocenters. The Bertz CT molecular complexity index is 970. The van der Waals surface area contributed by atoms with Gasteiger partial charge >= 0.3 is 0 Å². The van der Waals surface area contributed by atoms with Crippen molar-refractivity contribution in [1.82, 2.24) is 0 Å². The van der Waals surface area contributed by atoms with Gasteiger partial charge in [-0.15, -0.1) is 0 Å². The van der Waals surface area contributed by atoms with Crippen LogP contribution in [0.25, 0.3) is 0 Å². The summed E-state index contributed by atoms with van der Waals surface area (Å²) >= 11 is 5.87. The van der Waals surface area contributed by atoms with Crippen LogP contribution in [0.1, 0.15) is 15.9 Å². The highest BCUT2D eigenvalue weighted by Crippen LogP contribution is 2.19. The van der Waals surface area contributed by atoms with Crippen molar-refractivity contribution < 1.29 is 9.59 Å². The summed E-state index contributed by atoms with van der Waals surface area (Å²) in [7, 11) is 0. The van der Waals surface area contributed by atoms with Crippen molar-refractivity contribution in [2.24, 2.45) is 0 Å². The maximum Gasteiger partial charge on any atom is 0.257 e. The number of carbonyl (C=O) groups excluding carboxylic acids is 2. The van der Waals surface area contributed by atoms with Crippen molar-refractivity contribution >= 4 is 40.5 Å². The van der Waals surface area contributed by atoms with Gasteiger partial charge in [0.2, 0.25) is 5.91 Å². The number of nitrogens with one attached hydrogen (secondary N) is 3. The van der Waals surface area contributed by atoms with Crippen LogP contribution in [0.2, 0.25) is 5.02 Å². The molecule has 3 aromatic rings. The predicted molar refractivity (Wildman–Crippen MR) is 114 cm³/mol. The molecule has 0 aliphatic carbocycles. The Kier molecular flexibility index (Phi) is 6.29. The number of benzene rings is 3. The first-order valence-electron chi connectivity index (χ1n) is 8.77. The van der Waals surface area contributed by atoms with E-state index in [9.17, 15) is 9.59 Å². The molecule has 6 heteroatoms. The van der Waals surface area contributed by atoms with E-state index in [0.29, 0.717) is 22.0 Å². The summed E-state index contributed by atoms with van der Waals surface area (Å²) in [6.45, 7) is 2.03. The maximum atomic E-state index is 12.6. The summed E-state index contributed by atoms with van der Waals surface area (Å²) in [5, 5.41) is 9.26. The molecule has 0 radical (unpaired) electrons. The normalized spacial score (nSPS) is 10.2. The fourth-order valence-corrected chi connectivity index (χ4v) is 2.71. The van der Waals surface area contributed by atoms with Gasteiger partial charge in [-0.3, -0.25) is 9.59 Å². The summed E-state index contributed by atoms with van der Waals surface area (Å²) in [4.78, 5) is 24.8. The number of aryl methyl sites for hydroxylation is 1. The molecule has 0 fully saturated rings. The average molecular weight is 394 g/mol. The number of amides is 2. The summed E-state index contributed by atoms with van der Waals surface area (Å²) < 4.78 is 0. The van der Waals surface area contributed by atoms with Gasteiger partial charge in [0.25, 0.3) is 5.91 Å². The quantitative estimate of drug-likeness (QED) is 0.554. The van der Waals surface area contributed by atoms with E-state index in [2.05, 4.69) is 16.0 Å². The molecule has 0 saturated heterocycles. The minimum absolute atomic E-state index is 0.0408. The van der Waals surface area contributed by atoms with E-state index in [1.165, 1.54) is 0 Å². The second-order valence-corrected chi connectivity index (χ2v) is 6.71. The topological polar surface area (TPSA) is 70.2 Å². The third-order valence-corrected chi connectivity index (χ3v) is 4.30. The van der Waals surface area contributed by atoms with Gasteiger partial charge in [0.15, 0.2) is 0 Å². The van der Waals surface area contributed by atoms with Crippen LogP contribution in [0.4, 0.5) is 17.1 Å². The highest BCUT2D eigenvalue weighted by atomic mass is 35.5. The summed E-state index contributed by atoms with van der Waals surface area (Å²) in [5.74, 6) is -0.471. The van der Waals surface area contributed by atoms with Gasteiger partial charge in [-0.2, -0.15) is 0 Å². The van der Waals surface area contributed by atoms with Crippen molar-refractivity contribution in [3.8, 4) is 0 Å². The Morgan fingerprint density at radius 1 is 0.821 bits per heavy atom. The molecule has 0 aromatic heterocycles. The van der Waals surface area contributed by atoms with Crippen LogP contribution in [0.5, 0.6) is 0 Å². The van der Waals surface area contributed by atoms with E-state index in [1.54, 1.807) is 48.5 Å². The first-order chi connectivity index (χ1) is 13.5. The summed E-state index contributed by atoms with van der Waals surface area (Å²) in [6.07, 6.45) is 0. The van der Waals surface area contributed by atoms with Crippen molar-refractivity contribution in [3.05, 3.63) is 88.9 Å². The Morgan fingerprint density at radius 2 is 1.43 bits per heavy atom. The van der Waals surface area contributed by atoms with Gasteiger partial charge in [-0.1, -0.05) is 41.4 Å². The Labute approximate surface area is 168 Å². The predicted octanol–water partition coefficient (Wildman–Crippen LogP) is 4.95. The van der Waals surface area contributed by atoms with Crippen molar-refractivity contribution in [1.29, 1.82) is 0 Å². The maximum absolute atomic E-state index is 12.6. The molecule has 28 heavy (non-hydrogen) atoms. The van der Waals surface area contributed by atoms with E-state index in [0.717, 1.165) is 11.3 Å². The summed E-state index contributed by atoms with van der Waals surface area (Å²) in [5.41, 5.74) is 3.51. The van der Waals surface area contributed by atoms with Crippen molar-refractivity contribution in [2.45, 2.75) is 6.92 Å². The standard InChI is InChI=1S/C22H20ClN3O2/c1-15-6-10-17(11-7-15)25-21(27)14-24-20-5-3-2-4-19(20)22(28)26-18-12-8-16(23)9-13-18/h2-13,24H,14H2,1H3,(H,25,27)(H,26,28). The zero-order valence-corrected chi connectivity index (χ0v) is 16.1. The number of rotatable bonds is 6. The molecule has 0 aliphatic heterocycles. The smallest absolute Gasteiger partial charge is 0.257 e. The average Bonchev–Trinajstić information content (AvgIpc) is 2.70. The zero-order chi connectivity index (χ0) is 19.9. The SMILES string of the molecule is Cc1ccc(NC(=O)CNc2ccccc2C(=O)Nc2ccc(Cl)cc2)cc1. The molecule has 0 bridgehead atoms. The number of halogens is 1. The lowest BCUT2D eigenvalue weighted by Gasteiger charge is -2.12. The fourth-order valence-electron chi connectivity index (χ4n) is 2.58. The fraction of sp³-hybridized carbons (Fsp3) is 0.0909. The second-order valence-electron chi connectivity index (χ2n) is 6.27. The second kappa shape index (κ2) is 9.06. The van der Waals surface area contributed by atoms with Crippen molar-refractivity contribution in [3.63, 3.8) is 0 Å². The lowest BCUT2D eigenvalue weighted by molar-refractivity contribution is -0.114. The molecule has 142 valence electrons. The monoisotopic (exact) mass is 393 g/mol. The van der Waals surface area contributed by atoms with Crippen molar-refractivity contribution in [2.75, 3.05) is 22.5 Å². The van der Waals surface area contributed by atoms with Crippen LogP contribution in [-0.4, -0.2) is 18.4 Å². The molecular weight excluding hydrogens is 374 g/mol. The third kappa shape index (κ3) is 5.34. The van der Waals surface area contributed by atoms with E-state index < -0.39 is 0 Å². The Hall–Kier alpha value is -3.31. The number of anilines is 3. The van der Waals surface area contributed by atoms with Crippen LogP contribution in [0.3, 0.4) is 0 Å². The first kappa shape index (κ1) is 19.5. The van der Waals surface area contributed by atoms with Gasteiger partial charge in [0.1, 0.15) is 0 Å². The van der Waals surface area contributed by atoms with Crippen LogP contribution in [-0.2, 0) is 4.79 Å². The highest BCUT2D eigenvalue weighted by Gasteiger charge is 2.12. The molecule has 0 saturated carbocycles. The Morgan fingerprint density at radius 3 is 2.14 bits per heavy atom. The van der Waals surface area contributed by atoms with Crippen LogP contribution < -0.4 is 16.0 Å². The van der Waals surface area contributed by atoms with Gasteiger partial charge in [-0.25, -0.2) is 0 Å². The van der Waals surface area contributed by atoms with E-state index in [-0.39, 0.29) is 18.4 Å². The molecule has 0 spiro atoms. The van der Waals surface area contributed by atoms with Gasteiger partial charge in [0.05, 0.1) is 12.1 Å². The van der Waals surface area contributed by atoms with E-state index >= 15 is 0 Å².